The molecule has 3 rings (SSSR count). The van der Waals surface area contributed by atoms with Gasteiger partial charge in [0, 0.05) is 5.41 Å². The van der Waals surface area contributed by atoms with Gasteiger partial charge in [-0.25, -0.2) is 0 Å². The maximum Gasteiger partial charge on any atom is 0.0231 e. The van der Waals surface area contributed by atoms with E-state index in [-0.39, 0.29) is 5.41 Å². The third kappa shape index (κ3) is 1.51. The van der Waals surface area contributed by atoms with Crippen LogP contribution in [0.25, 0.3) is 0 Å². The van der Waals surface area contributed by atoms with Gasteiger partial charge >= 0.3 is 0 Å². The molecule has 0 heterocycles. The van der Waals surface area contributed by atoms with E-state index in [1.165, 1.54) is 24.0 Å². The lowest BCUT2D eigenvalue weighted by atomic mass is 9.54. The maximum atomic E-state index is 4.35. The summed E-state index contributed by atoms with van der Waals surface area (Å²) in [6, 6.07) is 21.6. The quantitative estimate of drug-likeness (QED) is 0.712. The van der Waals surface area contributed by atoms with Crippen molar-refractivity contribution in [2.45, 2.75) is 18.3 Å². The topological polar surface area (TPSA) is 0 Å². The molecule has 17 heavy (non-hydrogen) atoms. The standard InChI is InChI=1S/C17H17/c1-14-12-13-17(14,15-8-4-2-5-9-15)16-10-6-3-7-11-16/h2-11,14H,1,12-13H2. The molecular weight excluding hydrogens is 204 g/mol. The highest BCUT2D eigenvalue weighted by atomic mass is 14.5. The molecule has 0 spiro atoms. The van der Waals surface area contributed by atoms with Crippen molar-refractivity contribution in [3.05, 3.63) is 78.7 Å². The summed E-state index contributed by atoms with van der Waals surface area (Å²) >= 11 is 0. The minimum absolute atomic E-state index is 0.155. The molecule has 2 aromatic rings. The van der Waals surface area contributed by atoms with Gasteiger partial charge in [0.25, 0.3) is 0 Å². The molecule has 1 aliphatic rings. The first-order chi connectivity index (χ1) is 8.34. The van der Waals surface area contributed by atoms with Crippen LogP contribution >= 0.6 is 0 Å². The fourth-order valence-corrected chi connectivity index (χ4v) is 3.04. The molecule has 0 amide bonds. The molecule has 85 valence electrons. The predicted molar refractivity (Wildman–Crippen MR) is 71.7 cm³/mol. The second-order valence-corrected chi connectivity index (χ2v) is 4.94. The molecule has 0 bridgehead atoms. The molecule has 0 heteroatoms. The third-order valence-electron chi connectivity index (χ3n) is 4.16. The van der Waals surface area contributed by atoms with E-state index in [2.05, 4.69) is 67.6 Å². The Hall–Kier alpha value is -1.56. The lowest BCUT2D eigenvalue weighted by Gasteiger charge is -2.49. The van der Waals surface area contributed by atoms with Gasteiger partial charge in [0.15, 0.2) is 0 Å². The lowest BCUT2D eigenvalue weighted by Crippen LogP contribution is -2.43. The van der Waals surface area contributed by atoms with E-state index in [1.807, 2.05) is 0 Å². The van der Waals surface area contributed by atoms with E-state index in [9.17, 15) is 0 Å². The minimum atomic E-state index is 0.155. The van der Waals surface area contributed by atoms with Gasteiger partial charge in [0.05, 0.1) is 0 Å². The minimum Gasteiger partial charge on any atom is -0.0622 e. The largest absolute Gasteiger partial charge is 0.0622 e. The van der Waals surface area contributed by atoms with Crippen LogP contribution in [0.15, 0.2) is 60.7 Å². The molecule has 0 N–H and O–H groups in total. The second-order valence-electron chi connectivity index (χ2n) is 4.94. The first-order valence-electron chi connectivity index (χ1n) is 6.28. The van der Waals surface area contributed by atoms with Gasteiger partial charge in [0.2, 0.25) is 0 Å². The molecule has 1 atom stereocenters. The molecule has 1 radical (unpaired) electrons. The smallest absolute Gasteiger partial charge is 0.0231 e. The summed E-state index contributed by atoms with van der Waals surface area (Å²) in [6.45, 7) is 4.35. The SMILES string of the molecule is [CH2]C1CCC1(c1ccccc1)c1ccccc1. The maximum absolute atomic E-state index is 4.35. The molecule has 1 unspecified atom stereocenters. The van der Waals surface area contributed by atoms with E-state index >= 15 is 0 Å². The average molecular weight is 221 g/mol. The van der Waals surface area contributed by atoms with Crippen LogP contribution in [0, 0.1) is 12.8 Å². The summed E-state index contributed by atoms with van der Waals surface area (Å²) in [5.74, 6) is 0.493. The Kier molecular flexibility index (Phi) is 2.51. The summed E-state index contributed by atoms with van der Waals surface area (Å²) in [4.78, 5) is 0. The van der Waals surface area contributed by atoms with E-state index in [0.717, 1.165) is 0 Å². The van der Waals surface area contributed by atoms with Crippen molar-refractivity contribution < 1.29 is 0 Å². The normalized spacial score (nSPS) is 21.8. The number of hydrogen-bond acceptors (Lipinski definition) is 0. The van der Waals surface area contributed by atoms with E-state index in [4.69, 9.17) is 0 Å². The van der Waals surface area contributed by atoms with Crippen LogP contribution in [0.5, 0.6) is 0 Å². The summed E-state index contributed by atoms with van der Waals surface area (Å²) in [7, 11) is 0. The Labute approximate surface area is 103 Å². The fraction of sp³-hybridized carbons (Fsp3) is 0.235. The van der Waals surface area contributed by atoms with Crippen molar-refractivity contribution in [2.24, 2.45) is 5.92 Å². The van der Waals surface area contributed by atoms with Crippen LogP contribution in [-0.4, -0.2) is 0 Å². The fourth-order valence-electron chi connectivity index (χ4n) is 3.04. The van der Waals surface area contributed by atoms with Crippen molar-refractivity contribution in [3.8, 4) is 0 Å². The molecule has 2 aromatic carbocycles. The molecular formula is C17H17. The summed E-state index contributed by atoms with van der Waals surface area (Å²) < 4.78 is 0. The molecule has 0 saturated heterocycles. The number of hydrogen-bond donors (Lipinski definition) is 0. The van der Waals surface area contributed by atoms with Crippen molar-refractivity contribution in [1.29, 1.82) is 0 Å². The first kappa shape index (κ1) is 10.6. The van der Waals surface area contributed by atoms with Crippen LogP contribution in [0.4, 0.5) is 0 Å². The Bertz CT molecular complexity index is 444. The van der Waals surface area contributed by atoms with Crippen LogP contribution in [0.1, 0.15) is 24.0 Å². The lowest BCUT2D eigenvalue weighted by molar-refractivity contribution is 0.211. The number of benzene rings is 2. The van der Waals surface area contributed by atoms with Gasteiger partial charge in [-0.1, -0.05) is 60.7 Å². The third-order valence-corrected chi connectivity index (χ3v) is 4.16. The zero-order valence-electron chi connectivity index (χ0n) is 9.97. The highest BCUT2D eigenvalue weighted by Gasteiger charge is 2.46. The van der Waals surface area contributed by atoms with Gasteiger partial charge in [-0.05, 0) is 36.8 Å². The molecule has 1 saturated carbocycles. The van der Waals surface area contributed by atoms with E-state index in [0.29, 0.717) is 5.92 Å². The summed E-state index contributed by atoms with van der Waals surface area (Å²) in [6.07, 6.45) is 2.44. The monoisotopic (exact) mass is 221 g/mol. The predicted octanol–water partition coefficient (Wildman–Crippen LogP) is 4.22. The Morgan fingerprint density at radius 1 is 0.824 bits per heavy atom. The molecule has 0 aromatic heterocycles. The van der Waals surface area contributed by atoms with Gasteiger partial charge in [-0.3, -0.25) is 0 Å². The highest BCUT2D eigenvalue weighted by Crippen LogP contribution is 2.52. The molecule has 0 aliphatic heterocycles. The van der Waals surface area contributed by atoms with Gasteiger partial charge in [-0.15, -0.1) is 0 Å². The van der Waals surface area contributed by atoms with Crippen LogP contribution < -0.4 is 0 Å². The van der Waals surface area contributed by atoms with Crippen molar-refractivity contribution >= 4 is 0 Å². The van der Waals surface area contributed by atoms with Crippen LogP contribution in [0.3, 0.4) is 0 Å². The Morgan fingerprint density at radius 3 is 1.59 bits per heavy atom. The average Bonchev–Trinajstić information content (AvgIpc) is 2.40. The molecule has 1 fully saturated rings. The molecule has 1 aliphatic carbocycles. The van der Waals surface area contributed by atoms with Crippen LogP contribution in [-0.2, 0) is 5.41 Å². The van der Waals surface area contributed by atoms with E-state index < -0.39 is 0 Å². The van der Waals surface area contributed by atoms with Gasteiger partial charge in [-0.2, -0.15) is 0 Å². The van der Waals surface area contributed by atoms with Crippen LogP contribution in [0.2, 0.25) is 0 Å². The zero-order valence-corrected chi connectivity index (χ0v) is 9.97. The Balaban J connectivity index is 2.12. The molecule has 0 nitrogen and oxygen atoms in total. The zero-order chi connectivity index (χ0) is 11.7. The van der Waals surface area contributed by atoms with E-state index in [1.54, 1.807) is 0 Å². The summed E-state index contributed by atoms with van der Waals surface area (Å²) in [5, 5.41) is 0. The van der Waals surface area contributed by atoms with Crippen molar-refractivity contribution in [2.75, 3.05) is 0 Å². The van der Waals surface area contributed by atoms with Gasteiger partial charge < -0.3 is 0 Å². The highest BCUT2D eigenvalue weighted by molar-refractivity contribution is 5.43. The Morgan fingerprint density at radius 2 is 1.29 bits per heavy atom. The van der Waals surface area contributed by atoms with Gasteiger partial charge in [0.1, 0.15) is 0 Å². The first-order valence-corrected chi connectivity index (χ1v) is 6.28. The summed E-state index contributed by atoms with van der Waals surface area (Å²) in [5.41, 5.74) is 2.98. The van der Waals surface area contributed by atoms with Crippen molar-refractivity contribution in [3.63, 3.8) is 0 Å². The second kappa shape index (κ2) is 4.03. The number of rotatable bonds is 2. The van der Waals surface area contributed by atoms with Crippen molar-refractivity contribution in [1.82, 2.24) is 0 Å².